The Morgan fingerprint density at radius 3 is 2.72 bits per heavy atom. The summed E-state index contributed by atoms with van der Waals surface area (Å²) in [6, 6.07) is 11.9. The fourth-order valence-electron chi connectivity index (χ4n) is 6.59. The number of hydrogen-bond donors (Lipinski definition) is 2. The lowest BCUT2D eigenvalue weighted by molar-refractivity contribution is -0.833. The molecule has 0 saturated carbocycles. The van der Waals surface area contributed by atoms with Crippen LogP contribution in [0.1, 0.15) is 56.7 Å². The third-order valence-electron chi connectivity index (χ3n) is 8.75. The number of fused-ring (bicyclic) bond motifs is 3. The van der Waals surface area contributed by atoms with Crippen molar-refractivity contribution in [2.75, 3.05) is 37.3 Å². The number of anilines is 1. The van der Waals surface area contributed by atoms with Gasteiger partial charge >= 0.3 is 0 Å². The lowest BCUT2D eigenvalue weighted by Gasteiger charge is -2.46. The molecule has 2 aliphatic heterocycles. The second-order valence-corrected chi connectivity index (χ2v) is 12.8. The van der Waals surface area contributed by atoms with E-state index < -0.39 is 0 Å². The Bertz CT molecular complexity index is 1460. The van der Waals surface area contributed by atoms with Crippen molar-refractivity contribution in [3.63, 3.8) is 0 Å². The number of aromatic amines is 1. The molecule has 8 nitrogen and oxygen atoms in total. The van der Waals surface area contributed by atoms with Gasteiger partial charge in [0.2, 0.25) is 0 Å². The van der Waals surface area contributed by atoms with E-state index in [1.807, 2.05) is 30.1 Å². The van der Waals surface area contributed by atoms with Gasteiger partial charge in [-0.2, -0.15) is 0 Å². The summed E-state index contributed by atoms with van der Waals surface area (Å²) in [5.74, 6) is 3.44. The van der Waals surface area contributed by atoms with Gasteiger partial charge in [0, 0.05) is 66.4 Å². The van der Waals surface area contributed by atoms with Gasteiger partial charge in [-0.05, 0) is 43.9 Å². The molecule has 1 saturated heterocycles. The van der Waals surface area contributed by atoms with Gasteiger partial charge in [-0.15, -0.1) is 10.2 Å². The van der Waals surface area contributed by atoms with Crippen LogP contribution in [-0.2, 0) is 12.8 Å². The first-order valence-corrected chi connectivity index (χ1v) is 15.3. The summed E-state index contributed by atoms with van der Waals surface area (Å²) in [5.41, 5.74) is 4.90. The summed E-state index contributed by atoms with van der Waals surface area (Å²) in [6.45, 7) is 11.1. The monoisotopic (exact) mass is 547 g/mol. The minimum absolute atomic E-state index is 0.228. The molecular formula is C30H39N6O2S+. The van der Waals surface area contributed by atoms with Crippen LogP contribution in [0.15, 0.2) is 40.9 Å². The lowest BCUT2D eigenvalue weighted by Crippen LogP contribution is -2.51. The van der Waals surface area contributed by atoms with E-state index in [9.17, 15) is 5.11 Å². The predicted octanol–water partition coefficient (Wildman–Crippen LogP) is 6.15. The van der Waals surface area contributed by atoms with Crippen LogP contribution >= 0.6 is 11.9 Å². The normalized spacial score (nSPS) is 22.1. The molecule has 39 heavy (non-hydrogen) atoms. The Kier molecular flexibility index (Phi) is 7.05. The highest BCUT2D eigenvalue weighted by Gasteiger charge is 2.44. The van der Waals surface area contributed by atoms with E-state index in [0.29, 0.717) is 29.1 Å². The van der Waals surface area contributed by atoms with E-state index in [1.165, 1.54) is 24.1 Å². The van der Waals surface area contributed by atoms with Crippen LogP contribution in [-0.4, -0.2) is 61.8 Å². The highest BCUT2D eigenvalue weighted by atomic mass is 32.2. The zero-order valence-electron chi connectivity index (χ0n) is 23.4. The van der Waals surface area contributed by atoms with Crippen molar-refractivity contribution in [3.8, 4) is 17.0 Å². The van der Waals surface area contributed by atoms with Crippen molar-refractivity contribution < 1.29 is 13.5 Å². The molecule has 1 aromatic carbocycles. The van der Waals surface area contributed by atoms with Crippen molar-refractivity contribution in [3.05, 3.63) is 53.4 Å². The lowest BCUT2D eigenvalue weighted by atomic mass is 9.92. The number of phenols is 1. The molecule has 0 radical (unpaired) electrons. The van der Waals surface area contributed by atoms with Crippen LogP contribution < -0.4 is 4.90 Å². The molecule has 0 spiro atoms. The maximum Gasteiger partial charge on any atom is 0.172 e. The predicted molar refractivity (Wildman–Crippen MR) is 157 cm³/mol. The van der Waals surface area contributed by atoms with E-state index in [-0.39, 0.29) is 5.75 Å². The number of H-pyrrole nitrogens is 1. The molecule has 0 aliphatic carbocycles. The van der Waals surface area contributed by atoms with Crippen LogP contribution in [0, 0.1) is 11.8 Å². The number of benzene rings is 1. The maximum atomic E-state index is 10.4. The molecule has 4 aromatic rings. The average molecular weight is 548 g/mol. The van der Waals surface area contributed by atoms with Crippen molar-refractivity contribution in [1.82, 2.24) is 20.3 Å². The van der Waals surface area contributed by atoms with Crippen molar-refractivity contribution in [1.29, 1.82) is 0 Å². The Morgan fingerprint density at radius 1 is 1.18 bits per heavy atom. The van der Waals surface area contributed by atoms with Crippen molar-refractivity contribution in [2.45, 2.75) is 52.5 Å². The van der Waals surface area contributed by atoms with Gasteiger partial charge in [0.05, 0.1) is 30.7 Å². The zero-order chi connectivity index (χ0) is 27.1. The zero-order valence-corrected chi connectivity index (χ0v) is 24.2. The summed E-state index contributed by atoms with van der Waals surface area (Å²) in [5, 5.41) is 24.9. The summed E-state index contributed by atoms with van der Waals surface area (Å²) >= 11 is 1.99. The second kappa shape index (κ2) is 10.5. The number of aromatic nitrogens is 4. The summed E-state index contributed by atoms with van der Waals surface area (Å²) in [6.07, 6.45) is 6.54. The van der Waals surface area contributed by atoms with Gasteiger partial charge in [-0.1, -0.05) is 31.1 Å². The molecule has 6 rings (SSSR count). The van der Waals surface area contributed by atoms with E-state index in [1.54, 1.807) is 6.07 Å². The Morgan fingerprint density at radius 2 is 1.97 bits per heavy atom. The fraction of sp³-hybridized carbons (Fsp3) is 0.500. The molecule has 1 fully saturated rings. The van der Waals surface area contributed by atoms with E-state index in [2.05, 4.69) is 64.4 Å². The quantitative estimate of drug-likeness (QED) is 0.212. The molecule has 1 unspecified atom stereocenters. The third kappa shape index (κ3) is 4.91. The molecule has 9 heteroatoms. The van der Waals surface area contributed by atoms with Crippen LogP contribution in [0.2, 0.25) is 0 Å². The number of para-hydroxylation sites is 1. The van der Waals surface area contributed by atoms with Gasteiger partial charge in [0.1, 0.15) is 17.6 Å². The highest BCUT2D eigenvalue weighted by molar-refractivity contribution is 7.93. The first-order valence-electron chi connectivity index (χ1n) is 14.2. The third-order valence-corrected chi connectivity index (χ3v) is 10.1. The van der Waals surface area contributed by atoms with Gasteiger partial charge in [0.15, 0.2) is 11.5 Å². The summed E-state index contributed by atoms with van der Waals surface area (Å²) in [4.78, 5) is 5.96. The topological polar surface area (TPSA) is 91.1 Å². The standard InChI is InChI=1S/C30H38N6O2S/c1-19(2)15-22-16-28(34-38-22)35-12-9-21(10-13-35)18-36(39-4)14-11-25-29(20(36)3)24-17-26(32-33-30(24)31-25)23-7-5-6-8-27(23)37/h5-8,16-17,19-21H,9-15,18H2,1-4H3,(H-,31,32,33,37)/p+1/t20-,36?/m0/s1. The molecule has 5 heterocycles. The fourth-order valence-corrected chi connectivity index (χ4v) is 7.65. The molecule has 0 bridgehead atoms. The Labute approximate surface area is 234 Å². The minimum Gasteiger partial charge on any atom is -0.507 e. The molecule has 2 N–H and O–H groups in total. The maximum absolute atomic E-state index is 10.4. The molecule has 2 aliphatic rings. The highest BCUT2D eigenvalue weighted by Crippen LogP contribution is 2.46. The molecule has 2 atom stereocenters. The molecule has 206 valence electrons. The van der Waals surface area contributed by atoms with E-state index >= 15 is 0 Å². The summed E-state index contributed by atoms with van der Waals surface area (Å²) < 4.78 is 6.62. The van der Waals surface area contributed by atoms with Gasteiger partial charge in [-0.25, -0.2) is 0 Å². The Hall–Kier alpha value is -3.04. The number of quaternary nitrogens is 1. The van der Waals surface area contributed by atoms with Crippen LogP contribution in [0.3, 0.4) is 0 Å². The van der Waals surface area contributed by atoms with Crippen LogP contribution in [0.25, 0.3) is 22.3 Å². The number of rotatable bonds is 7. The minimum atomic E-state index is 0.228. The largest absolute Gasteiger partial charge is 0.507 e. The average Bonchev–Trinajstić information content (AvgIpc) is 3.55. The first-order chi connectivity index (χ1) is 18.9. The first kappa shape index (κ1) is 26.2. The smallest absolute Gasteiger partial charge is 0.172 e. The molecular weight excluding hydrogens is 508 g/mol. The van der Waals surface area contributed by atoms with Crippen molar-refractivity contribution >= 4 is 28.8 Å². The SMILES string of the molecule is CS[N+]1(CC2CCN(c3cc(CC(C)C)on3)CC2)CCc2[nH]c3nnc(-c4ccccc4O)cc3c2[C@@H]1C. The van der Waals surface area contributed by atoms with E-state index in [0.717, 1.165) is 65.5 Å². The van der Waals surface area contributed by atoms with Crippen LogP contribution in [0.5, 0.6) is 5.75 Å². The molecule has 0 amide bonds. The van der Waals surface area contributed by atoms with Crippen molar-refractivity contribution in [2.24, 2.45) is 11.8 Å². The number of phenolic OH excluding ortho intramolecular Hbond substituents is 1. The van der Waals surface area contributed by atoms with Crippen LogP contribution in [0.4, 0.5) is 5.82 Å². The number of piperidine rings is 1. The van der Waals surface area contributed by atoms with Gasteiger partial charge in [-0.3, -0.25) is 3.89 Å². The van der Waals surface area contributed by atoms with Gasteiger partial charge < -0.3 is 19.5 Å². The second-order valence-electron chi connectivity index (χ2n) is 11.7. The van der Waals surface area contributed by atoms with E-state index in [4.69, 9.17) is 4.52 Å². The number of nitrogens with one attached hydrogen (secondary N) is 1. The molecule has 3 aromatic heterocycles. The number of nitrogens with zero attached hydrogens (tertiary/aromatic N) is 5. The summed E-state index contributed by atoms with van der Waals surface area (Å²) in [7, 11) is 0. The van der Waals surface area contributed by atoms with Gasteiger partial charge in [0.25, 0.3) is 0 Å². The number of hydrogen-bond acceptors (Lipinski definition) is 7. The number of aromatic hydroxyl groups is 1. The Balaban J connectivity index is 1.20.